The number of carboxylic acids is 1. The minimum atomic E-state index is -0.865. The van der Waals surface area contributed by atoms with E-state index >= 15 is 0 Å². The van der Waals surface area contributed by atoms with Crippen molar-refractivity contribution in [1.82, 2.24) is 4.57 Å². The highest BCUT2D eigenvalue weighted by atomic mass is 32.1. The van der Waals surface area contributed by atoms with Gasteiger partial charge in [-0.3, -0.25) is 4.79 Å². The number of ether oxygens (including phenoxy) is 1. The molecule has 0 spiro atoms. The largest absolute Gasteiger partial charge is 0.497 e. The third-order valence-electron chi connectivity index (χ3n) is 4.77. The minimum absolute atomic E-state index is 0.647. The van der Waals surface area contributed by atoms with Crippen molar-refractivity contribution >= 4 is 34.1 Å². The Morgan fingerprint density at radius 3 is 2.38 bits per heavy atom. The van der Waals surface area contributed by atoms with E-state index in [4.69, 9.17) is 17.0 Å². The Balaban J connectivity index is 2.28. The average molecular weight is 367 g/mol. The zero-order valence-electron chi connectivity index (χ0n) is 15.2. The van der Waals surface area contributed by atoms with Gasteiger partial charge < -0.3 is 14.4 Å². The molecule has 0 aliphatic heterocycles. The van der Waals surface area contributed by atoms with Crippen molar-refractivity contribution in [3.05, 3.63) is 64.8 Å². The SMILES string of the molecule is COc1ccc2c(c1)c(C(C)C(=O)O)c(C)n2C(=S)c1ccc(C)cc1. The van der Waals surface area contributed by atoms with E-state index < -0.39 is 11.9 Å². The molecule has 1 unspecified atom stereocenters. The maximum atomic E-state index is 11.7. The monoisotopic (exact) mass is 367 g/mol. The first kappa shape index (κ1) is 18.1. The van der Waals surface area contributed by atoms with Gasteiger partial charge in [0.1, 0.15) is 10.7 Å². The highest BCUT2D eigenvalue weighted by molar-refractivity contribution is 7.80. The molecule has 0 amide bonds. The van der Waals surface area contributed by atoms with Gasteiger partial charge in [0.25, 0.3) is 0 Å². The van der Waals surface area contributed by atoms with E-state index in [0.717, 1.165) is 33.3 Å². The smallest absolute Gasteiger partial charge is 0.310 e. The van der Waals surface area contributed by atoms with E-state index in [1.165, 1.54) is 0 Å². The number of nitrogens with zero attached hydrogens (tertiary/aromatic N) is 1. The molecule has 134 valence electrons. The highest BCUT2D eigenvalue weighted by Crippen LogP contribution is 2.35. The van der Waals surface area contributed by atoms with Gasteiger partial charge in [0.05, 0.1) is 18.5 Å². The number of aliphatic carboxylic acids is 1. The first-order valence-corrected chi connectivity index (χ1v) is 8.79. The molecule has 5 heteroatoms. The number of carbonyl (C=O) groups is 1. The molecule has 0 saturated carbocycles. The predicted octanol–water partition coefficient (Wildman–Crippen LogP) is 4.68. The van der Waals surface area contributed by atoms with Crippen LogP contribution in [0.3, 0.4) is 0 Å². The molecule has 1 heterocycles. The number of thiocarbonyl (C=S) groups is 1. The van der Waals surface area contributed by atoms with Crippen molar-refractivity contribution in [3.8, 4) is 5.75 Å². The zero-order chi connectivity index (χ0) is 19.0. The molecule has 1 N–H and O–H groups in total. The second-order valence-corrected chi connectivity index (χ2v) is 6.84. The molecule has 0 radical (unpaired) electrons. The van der Waals surface area contributed by atoms with Crippen LogP contribution in [0.5, 0.6) is 5.75 Å². The average Bonchev–Trinajstić information content (AvgIpc) is 2.91. The van der Waals surface area contributed by atoms with E-state index in [9.17, 15) is 9.90 Å². The maximum absolute atomic E-state index is 11.7. The fourth-order valence-corrected chi connectivity index (χ4v) is 3.68. The van der Waals surface area contributed by atoms with Crippen LogP contribution in [0.4, 0.5) is 0 Å². The number of carboxylic acid groups (broad SMARTS) is 1. The summed E-state index contributed by atoms with van der Waals surface area (Å²) in [4.78, 5) is 12.3. The number of fused-ring (bicyclic) bond motifs is 1. The lowest BCUT2D eigenvalue weighted by atomic mass is 9.98. The number of hydrogen-bond acceptors (Lipinski definition) is 3. The number of hydrogen-bond donors (Lipinski definition) is 1. The van der Waals surface area contributed by atoms with Crippen molar-refractivity contribution in [2.45, 2.75) is 26.7 Å². The summed E-state index contributed by atoms with van der Waals surface area (Å²) < 4.78 is 7.30. The molecule has 0 fully saturated rings. The lowest BCUT2D eigenvalue weighted by Gasteiger charge is -2.12. The van der Waals surface area contributed by atoms with Gasteiger partial charge in [0.2, 0.25) is 0 Å². The topological polar surface area (TPSA) is 51.5 Å². The van der Waals surface area contributed by atoms with E-state index in [2.05, 4.69) is 0 Å². The molecule has 4 nitrogen and oxygen atoms in total. The lowest BCUT2D eigenvalue weighted by Crippen LogP contribution is -2.14. The van der Waals surface area contributed by atoms with E-state index in [0.29, 0.717) is 10.7 Å². The van der Waals surface area contributed by atoms with Gasteiger partial charge in [-0.2, -0.15) is 0 Å². The normalized spacial score (nSPS) is 12.2. The summed E-state index contributed by atoms with van der Waals surface area (Å²) in [6.07, 6.45) is 0. The zero-order valence-corrected chi connectivity index (χ0v) is 16.1. The first-order valence-electron chi connectivity index (χ1n) is 8.38. The Bertz CT molecular complexity index is 1000. The highest BCUT2D eigenvalue weighted by Gasteiger charge is 2.25. The van der Waals surface area contributed by atoms with Gasteiger partial charge in [-0.25, -0.2) is 0 Å². The van der Waals surface area contributed by atoms with Crippen molar-refractivity contribution < 1.29 is 14.6 Å². The molecular formula is C21H21NO3S. The summed E-state index contributed by atoms with van der Waals surface area (Å²) >= 11 is 5.76. The van der Waals surface area contributed by atoms with Crippen molar-refractivity contribution in [2.75, 3.05) is 7.11 Å². The number of aromatic nitrogens is 1. The summed E-state index contributed by atoms with van der Waals surface area (Å²) in [7, 11) is 1.60. The Hall–Kier alpha value is -2.66. The number of rotatable bonds is 4. The molecule has 3 rings (SSSR count). The van der Waals surface area contributed by atoms with Crippen LogP contribution in [0.1, 0.15) is 35.2 Å². The van der Waals surface area contributed by atoms with Crippen molar-refractivity contribution in [3.63, 3.8) is 0 Å². The van der Waals surface area contributed by atoms with Gasteiger partial charge in [0, 0.05) is 16.6 Å². The molecule has 0 aliphatic rings. The van der Waals surface area contributed by atoms with E-state index in [-0.39, 0.29) is 0 Å². The van der Waals surface area contributed by atoms with Crippen LogP contribution in [0.25, 0.3) is 10.9 Å². The number of methoxy groups -OCH3 is 1. The standard InChI is InChI=1S/C21H21NO3S/c1-12-5-7-15(8-6-12)20(26)22-14(3)19(13(2)21(23)24)17-11-16(25-4)9-10-18(17)22/h5-11,13H,1-4H3,(H,23,24). The van der Waals surface area contributed by atoms with Crippen LogP contribution in [-0.2, 0) is 4.79 Å². The molecule has 1 atom stereocenters. The van der Waals surface area contributed by atoms with Gasteiger partial charge in [0.15, 0.2) is 0 Å². The summed E-state index contributed by atoms with van der Waals surface area (Å²) in [5.41, 5.74) is 4.58. The van der Waals surface area contributed by atoms with Crippen LogP contribution in [0, 0.1) is 13.8 Å². The first-order chi connectivity index (χ1) is 12.3. The van der Waals surface area contributed by atoms with Gasteiger partial charge in [-0.15, -0.1) is 0 Å². The van der Waals surface area contributed by atoms with Crippen LogP contribution < -0.4 is 4.74 Å². The van der Waals surface area contributed by atoms with Crippen molar-refractivity contribution in [2.24, 2.45) is 0 Å². The van der Waals surface area contributed by atoms with Gasteiger partial charge in [-0.1, -0.05) is 42.0 Å². The molecule has 0 aliphatic carbocycles. The summed E-state index contributed by atoms with van der Waals surface area (Å²) in [6, 6.07) is 13.7. The predicted molar refractivity (Wildman–Crippen MR) is 108 cm³/mol. The van der Waals surface area contributed by atoms with Crippen LogP contribution in [-0.4, -0.2) is 27.7 Å². The second-order valence-electron chi connectivity index (χ2n) is 6.45. The molecular weight excluding hydrogens is 346 g/mol. The van der Waals surface area contributed by atoms with Crippen LogP contribution in [0.2, 0.25) is 0 Å². The number of benzene rings is 2. The maximum Gasteiger partial charge on any atom is 0.310 e. The quantitative estimate of drug-likeness (QED) is 0.680. The molecule has 1 aromatic heterocycles. The van der Waals surface area contributed by atoms with Crippen LogP contribution in [0.15, 0.2) is 42.5 Å². The van der Waals surface area contributed by atoms with Gasteiger partial charge >= 0.3 is 5.97 Å². The summed E-state index contributed by atoms with van der Waals surface area (Å²) in [5, 5.41) is 10.4. The molecule has 2 aromatic carbocycles. The third-order valence-corrected chi connectivity index (χ3v) is 5.18. The molecule has 3 aromatic rings. The van der Waals surface area contributed by atoms with Crippen LogP contribution >= 0.6 is 12.2 Å². The van der Waals surface area contributed by atoms with Crippen molar-refractivity contribution in [1.29, 1.82) is 0 Å². The second kappa shape index (κ2) is 6.92. The number of aryl methyl sites for hydroxylation is 1. The fraction of sp³-hybridized carbons (Fsp3) is 0.238. The summed E-state index contributed by atoms with van der Waals surface area (Å²) in [6.45, 7) is 5.65. The van der Waals surface area contributed by atoms with E-state index in [1.807, 2.05) is 60.9 Å². The minimum Gasteiger partial charge on any atom is -0.497 e. The molecule has 0 bridgehead atoms. The molecule has 26 heavy (non-hydrogen) atoms. The molecule has 0 saturated heterocycles. The van der Waals surface area contributed by atoms with E-state index in [1.54, 1.807) is 14.0 Å². The fourth-order valence-electron chi connectivity index (χ4n) is 3.31. The Kier molecular flexibility index (Phi) is 4.83. The Labute approximate surface area is 158 Å². The van der Waals surface area contributed by atoms with Gasteiger partial charge in [-0.05, 0) is 44.5 Å². The lowest BCUT2D eigenvalue weighted by molar-refractivity contribution is -0.138. The summed E-state index contributed by atoms with van der Waals surface area (Å²) in [5.74, 6) is -0.822. The third kappa shape index (κ3) is 2.99. The Morgan fingerprint density at radius 2 is 1.81 bits per heavy atom. The Morgan fingerprint density at radius 1 is 1.15 bits per heavy atom.